The van der Waals surface area contributed by atoms with Gasteiger partial charge in [-0.25, -0.2) is 0 Å². The van der Waals surface area contributed by atoms with Gasteiger partial charge in [-0.15, -0.1) is 0 Å². The third kappa shape index (κ3) is 2.17. The molecular weight excluding hydrogens is 188 g/mol. The molecule has 2 fully saturated rings. The first-order chi connectivity index (χ1) is 7.08. The predicted molar refractivity (Wildman–Crippen MR) is 62.6 cm³/mol. The number of carbonyl (C=O) groups excluding carboxylic acids is 1. The van der Waals surface area contributed by atoms with E-state index in [2.05, 4.69) is 19.2 Å². The van der Waals surface area contributed by atoms with Gasteiger partial charge in [0.25, 0.3) is 0 Å². The van der Waals surface area contributed by atoms with Gasteiger partial charge in [0.1, 0.15) is 0 Å². The smallest absolute Gasteiger partial charge is 0.219 e. The zero-order chi connectivity index (χ0) is 11.0. The van der Waals surface area contributed by atoms with E-state index in [9.17, 15) is 4.79 Å². The Kier molecular flexibility index (Phi) is 3.01. The lowest BCUT2D eigenvalue weighted by Gasteiger charge is -2.39. The summed E-state index contributed by atoms with van der Waals surface area (Å²) >= 11 is 0. The molecule has 15 heavy (non-hydrogen) atoms. The number of likely N-dealkylation sites (tertiary alicyclic amines) is 1. The molecule has 88 valence electrons. The van der Waals surface area contributed by atoms with Crippen LogP contribution in [0.25, 0.3) is 0 Å². The van der Waals surface area contributed by atoms with Crippen LogP contribution in [0.2, 0.25) is 0 Å². The molecule has 1 saturated heterocycles. The van der Waals surface area contributed by atoms with Crippen LogP contribution in [0, 0.1) is 11.8 Å². The molecule has 1 aliphatic heterocycles. The Morgan fingerprint density at radius 2 is 1.87 bits per heavy atom. The summed E-state index contributed by atoms with van der Waals surface area (Å²) in [5, 5.41) is 3.67. The molecule has 2 aliphatic rings. The molecule has 1 saturated carbocycles. The van der Waals surface area contributed by atoms with Crippen molar-refractivity contribution in [3.63, 3.8) is 0 Å². The third-order valence-corrected chi connectivity index (χ3v) is 3.80. The van der Waals surface area contributed by atoms with Crippen LogP contribution < -0.4 is 5.32 Å². The third-order valence-electron chi connectivity index (χ3n) is 3.80. The first-order valence-corrected chi connectivity index (χ1v) is 6.09. The zero-order valence-electron chi connectivity index (χ0n) is 9.99. The molecule has 1 N–H and O–H groups in total. The standard InChI is InChI=1S/C12H22N2O.H2/c1-8(2)13-12-10-4-5-11(12)7-14(6-10)9(3)15;/h8,10-13H,4-7H2,1-3H3;1H. The fourth-order valence-electron chi connectivity index (χ4n) is 3.14. The first-order valence-electron chi connectivity index (χ1n) is 6.09. The fraction of sp³-hybridized carbons (Fsp3) is 0.917. The van der Waals surface area contributed by atoms with E-state index in [4.69, 9.17) is 0 Å². The van der Waals surface area contributed by atoms with Crippen LogP contribution in [0.15, 0.2) is 0 Å². The lowest BCUT2D eigenvalue weighted by atomic mass is 9.91. The summed E-state index contributed by atoms with van der Waals surface area (Å²) < 4.78 is 0. The largest absolute Gasteiger partial charge is 0.342 e. The highest BCUT2D eigenvalue weighted by molar-refractivity contribution is 5.73. The fourth-order valence-corrected chi connectivity index (χ4v) is 3.14. The van der Waals surface area contributed by atoms with Gasteiger partial charge in [-0.3, -0.25) is 4.79 Å². The van der Waals surface area contributed by atoms with Crippen LogP contribution in [0.3, 0.4) is 0 Å². The summed E-state index contributed by atoms with van der Waals surface area (Å²) in [5.41, 5.74) is 0. The maximum atomic E-state index is 11.4. The highest BCUT2D eigenvalue weighted by Crippen LogP contribution is 2.37. The van der Waals surface area contributed by atoms with Crippen LogP contribution in [-0.2, 0) is 4.79 Å². The van der Waals surface area contributed by atoms with Gasteiger partial charge in [-0.05, 0) is 24.7 Å². The van der Waals surface area contributed by atoms with Crippen LogP contribution in [0.5, 0.6) is 0 Å². The lowest BCUT2D eigenvalue weighted by Crippen LogP contribution is -2.53. The predicted octanol–water partition coefficient (Wildman–Crippen LogP) is 1.49. The molecule has 0 aromatic rings. The molecular formula is C12H24N2O. The second-order valence-electron chi connectivity index (χ2n) is 5.37. The van der Waals surface area contributed by atoms with Crippen molar-refractivity contribution in [3.05, 3.63) is 0 Å². The van der Waals surface area contributed by atoms with E-state index in [-0.39, 0.29) is 7.33 Å². The van der Waals surface area contributed by atoms with Crippen molar-refractivity contribution >= 4 is 5.91 Å². The van der Waals surface area contributed by atoms with Crippen molar-refractivity contribution in [2.24, 2.45) is 11.8 Å². The SMILES string of the molecule is CC(=O)N1CC2CCC(C1)C2NC(C)C.[HH]. The average Bonchev–Trinajstić information content (AvgIpc) is 2.40. The van der Waals surface area contributed by atoms with Gasteiger partial charge in [-0.2, -0.15) is 0 Å². The molecule has 0 spiro atoms. The number of hydrogen-bond acceptors (Lipinski definition) is 2. The number of amides is 1. The Balaban J connectivity index is 0.00000128. The molecule has 0 aromatic heterocycles. The number of carbonyl (C=O) groups is 1. The monoisotopic (exact) mass is 212 g/mol. The van der Waals surface area contributed by atoms with Gasteiger partial charge in [0, 0.05) is 33.5 Å². The normalized spacial score (nSPS) is 34.9. The highest BCUT2D eigenvalue weighted by atomic mass is 16.2. The number of rotatable bonds is 2. The quantitative estimate of drug-likeness (QED) is 0.752. The van der Waals surface area contributed by atoms with E-state index in [1.54, 1.807) is 6.92 Å². The number of nitrogens with one attached hydrogen (secondary N) is 1. The van der Waals surface area contributed by atoms with Crippen molar-refractivity contribution in [2.45, 2.75) is 45.7 Å². The topological polar surface area (TPSA) is 32.3 Å². The van der Waals surface area contributed by atoms with Crippen molar-refractivity contribution < 1.29 is 6.22 Å². The zero-order valence-corrected chi connectivity index (χ0v) is 9.99. The minimum absolute atomic E-state index is 0. The second-order valence-corrected chi connectivity index (χ2v) is 5.37. The minimum atomic E-state index is 0. The second kappa shape index (κ2) is 4.12. The van der Waals surface area contributed by atoms with Crippen LogP contribution in [0.1, 0.15) is 35.0 Å². The molecule has 0 aromatic carbocycles. The van der Waals surface area contributed by atoms with Crippen LogP contribution in [-0.4, -0.2) is 36.0 Å². The summed E-state index contributed by atoms with van der Waals surface area (Å²) in [6.07, 6.45) is 2.58. The Morgan fingerprint density at radius 1 is 1.33 bits per heavy atom. The maximum Gasteiger partial charge on any atom is 0.219 e. The molecule has 2 unspecified atom stereocenters. The molecule has 0 radical (unpaired) electrons. The van der Waals surface area contributed by atoms with E-state index >= 15 is 0 Å². The number of hydrogen-bond donors (Lipinski definition) is 1. The van der Waals surface area contributed by atoms with Gasteiger partial charge < -0.3 is 10.2 Å². The van der Waals surface area contributed by atoms with Crippen molar-refractivity contribution in [3.8, 4) is 0 Å². The molecule has 2 rings (SSSR count). The maximum absolute atomic E-state index is 11.4. The van der Waals surface area contributed by atoms with Gasteiger partial charge >= 0.3 is 0 Å². The summed E-state index contributed by atoms with van der Waals surface area (Å²) in [7, 11) is 0. The lowest BCUT2D eigenvalue weighted by molar-refractivity contribution is -0.131. The molecule has 3 heteroatoms. The van der Waals surface area contributed by atoms with Gasteiger partial charge in [0.2, 0.25) is 5.91 Å². The van der Waals surface area contributed by atoms with E-state index in [1.165, 1.54) is 12.8 Å². The minimum Gasteiger partial charge on any atom is -0.342 e. The van der Waals surface area contributed by atoms with E-state index < -0.39 is 0 Å². The summed E-state index contributed by atoms with van der Waals surface area (Å²) in [6.45, 7) is 8.04. The Hall–Kier alpha value is -0.570. The van der Waals surface area contributed by atoms with Crippen molar-refractivity contribution in [2.75, 3.05) is 13.1 Å². The highest BCUT2D eigenvalue weighted by Gasteiger charge is 2.42. The van der Waals surface area contributed by atoms with Gasteiger partial charge in [0.15, 0.2) is 0 Å². The molecule has 1 heterocycles. The molecule has 1 amide bonds. The Labute approximate surface area is 93.7 Å². The number of fused-ring (bicyclic) bond motifs is 2. The summed E-state index contributed by atoms with van der Waals surface area (Å²) in [4.78, 5) is 13.4. The van der Waals surface area contributed by atoms with E-state index in [1.807, 2.05) is 4.90 Å². The first kappa shape index (κ1) is 10.9. The molecule has 1 aliphatic carbocycles. The van der Waals surface area contributed by atoms with Crippen LogP contribution in [0.4, 0.5) is 0 Å². The average molecular weight is 212 g/mol. The summed E-state index contributed by atoms with van der Waals surface area (Å²) in [6, 6.07) is 1.21. The number of piperidine rings is 1. The van der Waals surface area contributed by atoms with Crippen molar-refractivity contribution in [1.29, 1.82) is 0 Å². The molecule has 2 atom stereocenters. The molecule has 3 nitrogen and oxygen atoms in total. The van der Waals surface area contributed by atoms with Gasteiger partial charge in [-0.1, -0.05) is 13.8 Å². The van der Waals surface area contributed by atoms with Gasteiger partial charge in [0.05, 0.1) is 0 Å². The summed E-state index contributed by atoms with van der Waals surface area (Å²) in [5.74, 6) is 1.62. The van der Waals surface area contributed by atoms with E-state index in [0.717, 1.165) is 13.1 Å². The van der Waals surface area contributed by atoms with Crippen molar-refractivity contribution in [1.82, 2.24) is 10.2 Å². The number of nitrogens with zero attached hydrogens (tertiary/aromatic N) is 1. The Bertz CT molecular complexity index is 243. The van der Waals surface area contributed by atoms with E-state index in [0.29, 0.717) is 23.9 Å². The Morgan fingerprint density at radius 3 is 2.27 bits per heavy atom. The van der Waals surface area contributed by atoms with Crippen LogP contribution >= 0.6 is 0 Å². The molecule has 2 bridgehead atoms.